The van der Waals surface area contributed by atoms with E-state index in [0.29, 0.717) is 0 Å². The van der Waals surface area contributed by atoms with E-state index >= 15 is 0 Å². The lowest BCUT2D eigenvalue weighted by Crippen LogP contribution is -2.60. The van der Waals surface area contributed by atoms with E-state index in [1.54, 1.807) is 13.2 Å². The fourth-order valence-corrected chi connectivity index (χ4v) is 6.95. The fourth-order valence-electron chi connectivity index (χ4n) is 6.95. The quantitative estimate of drug-likeness (QED) is 0.0566. The number of aromatic nitrogens is 2. The summed E-state index contributed by atoms with van der Waals surface area (Å²) in [5, 5.41) is 6.65. The number of fused-ring (bicyclic) bond motifs is 1. The molecule has 1 aliphatic heterocycles. The van der Waals surface area contributed by atoms with Gasteiger partial charge in [0, 0.05) is 39.0 Å². The SMILES string of the molecule is C[NH3+].Fc1c(F)c(F)c(B(c2c(F)c(F)c(F)c(F)c2F)c2c(F)c(F)c(F)c(F)c2F)c(F)c1F.Fc1c(F)c(F)c(B(c2c(F)c(F)c(F)c(F)c2F)c2c(F)c(F)c(F)c(F)c2F)c(F)c1F.[c-]1ccc2ccn[nH]c1-2. The molecule has 0 bridgehead atoms. The zero-order valence-corrected chi connectivity index (χ0v) is 37.0. The van der Waals surface area contributed by atoms with Crippen molar-refractivity contribution in [3.8, 4) is 11.3 Å². The summed E-state index contributed by atoms with van der Waals surface area (Å²) < 4.78 is 417. The third kappa shape index (κ3) is 10.3. The van der Waals surface area contributed by atoms with Crippen LogP contribution in [0.25, 0.3) is 11.3 Å². The molecule has 0 unspecified atom stereocenters. The van der Waals surface area contributed by atoms with Crippen molar-refractivity contribution in [2.75, 3.05) is 7.05 Å². The van der Waals surface area contributed by atoms with Crippen LogP contribution in [0.5, 0.6) is 0 Å². The normalized spacial score (nSPS) is 11.0. The van der Waals surface area contributed by atoms with Gasteiger partial charge in [-0.2, -0.15) is 22.8 Å². The number of quaternary nitrogens is 1. The average molecular weight is 1170 g/mol. The van der Waals surface area contributed by atoms with Crippen molar-refractivity contribution in [2.24, 2.45) is 0 Å². The number of hydrogen-bond donors (Lipinski definition) is 2. The van der Waals surface area contributed by atoms with Crippen LogP contribution >= 0.6 is 0 Å². The molecular formula is C44H11B2F30N3. The minimum absolute atomic E-state index is 0.970. The van der Waals surface area contributed by atoms with Crippen LogP contribution in [0, 0.1) is 181 Å². The summed E-state index contributed by atoms with van der Waals surface area (Å²) in [4.78, 5) is 0. The average Bonchev–Trinajstić information content (AvgIpc) is 3.99. The molecule has 6 aromatic carbocycles. The van der Waals surface area contributed by atoms with Crippen LogP contribution in [0.4, 0.5) is 132 Å². The van der Waals surface area contributed by atoms with Crippen molar-refractivity contribution in [3.63, 3.8) is 0 Å². The summed E-state index contributed by atoms with van der Waals surface area (Å²) in [6.45, 7) is -7.92. The Morgan fingerprint density at radius 3 is 0.608 bits per heavy atom. The van der Waals surface area contributed by atoms with Gasteiger partial charge in [-0.1, -0.05) is 11.8 Å². The monoisotopic (exact) mass is 1170 g/mol. The molecule has 0 radical (unpaired) electrons. The molecule has 0 saturated carbocycles. The van der Waals surface area contributed by atoms with E-state index in [9.17, 15) is 132 Å². The first-order chi connectivity index (χ1) is 36.8. The molecular weight excluding hydrogens is 1160 g/mol. The second-order valence-electron chi connectivity index (χ2n) is 14.6. The Hall–Kier alpha value is -8.00. The molecule has 3 nitrogen and oxygen atoms in total. The van der Waals surface area contributed by atoms with Gasteiger partial charge in [-0.25, -0.2) is 138 Å². The maximum Gasteiger partial charge on any atom is 0.265 e. The Morgan fingerprint density at radius 1 is 0.278 bits per heavy atom. The third-order valence-electron chi connectivity index (χ3n) is 10.5. The van der Waals surface area contributed by atoms with E-state index in [1.807, 2.05) is 18.2 Å². The molecule has 8 rings (SSSR count). The minimum Gasteiger partial charge on any atom is -0.360 e. The molecule has 2 aliphatic rings. The van der Waals surface area contributed by atoms with Crippen LogP contribution in [-0.2, 0) is 0 Å². The molecule has 4 N–H and O–H groups in total. The topological polar surface area (TPSA) is 56.3 Å². The van der Waals surface area contributed by atoms with Crippen LogP contribution in [0.2, 0.25) is 0 Å². The Labute approximate surface area is 417 Å². The van der Waals surface area contributed by atoms with Crippen molar-refractivity contribution < 1.29 is 137 Å². The van der Waals surface area contributed by atoms with E-state index in [2.05, 4.69) is 22.0 Å². The Balaban J connectivity index is 0.000000243. The van der Waals surface area contributed by atoms with Crippen LogP contribution in [0.1, 0.15) is 0 Å². The van der Waals surface area contributed by atoms with Gasteiger partial charge in [0.15, 0.2) is 175 Å². The lowest BCUT2D eigenvalue weighted by atomic mass is 9.36. The first-order valence-corrected chi connectivity index (χ1v) is 19.9. The van der Waals surface area contributed by atoms with E-state index < -0.39 is 221 Å². The van der Waals surface area contributed by atoms with Crippen molar-refractivity contribution in [3.05, 3.63) is 205 Å². The molecule has 1 heterocycles. The van der Waals surface area contributed by atoms with Crippen LogP contribution < -0.4 is 38.5 Å². The zero-order valence-electron chi connectivity index (χ0n) is 37.0. The summed E-state index contributed by atoms with van der Waals surface area (Å²) in [5.74, 6) is -90.4. The fraction of sp³-hybridized carbons (Fsp3) is 0.0227. The maximum atomic E-state index is 14.4. The van der Waals surface area contributed by atoms with Crippen LogP contribution in [0.3, 0.4) is 0 Å². The van der Waals surface area contributed by atoms with Gasteiger partial charge in [0.25, 0.3) is 13.4 Å². The molecule has 0 atom stereocenters. The van der Waals surface area contributed by atoms with Gasteiger partial charge >= 0.3 is 0 Å². The number of hydrogen-bond acceptors (Lipinski definition) is 1. The summed E-state index contributed by atoms with van der Waals surface area (Å²) in [7, 11) is 1.75. The van der Waals surface area contributed by atoms with Gasteiger partial charge in [0.2, 0.25) is 0 Å². The highest BCUT2D eigenvalue weighted by Gasteiger charge is 2.47. The third-order valence-corrected chi connectivity index (χ3v) is 10.5. The van der Waals surface area contributed by atoms with Gasteiger partial charge in [-0.3, -0.25) is 0 Å². The van der Waals surface area contributed by atoms with Gasteiger partial charge in [0.05, 0.1) is 7.05 Å². The van der Waals surface area contributed by atoms with Crippen molar-refractivity contribution in [1.82, 2.24) is 10.2 Å². The Kier molecular flexibility index (Phi) is 18.4. The zero-order chi connectivity index (χ0) is 60.0. The highest BCUT2D eigenvalue weighted by atomic mass is 19.2. The number of H-pyrrole nitrogens is 1. The van der Waals surface area contributed by atoms with Crippen molar-refractivity contribution in [2.45, 2.75) is 0 Å². The van der Waals surface area contributed by atoms with Gasteiger partial charge in [-0.05, 0) is 0 Å². The molecule has 0 spiro atoms. The number of nitrogens with one attached hydrogen (secondary N) is 1. The predicted molar refractivity (Wildman–Crippen MR) is 210 cm³/mol. The number of aromatic amines is 1. The number of halogens is 30. The van der Waals surface area contributed by atoms with Crippen LogP contribution in [-0.4, -0.2) is 30.7 Å². The molecule has 0 aromatic heterocycles. The van der Waals surface area contributed by atoms with E-state index in [1.165, 1.54) is 0 Å². The first-order valence-electron chi connectivity index (χ1n) is 19.9. The smallest absolute Gasteiger partial charge is 0.265 e. The molecule has 0 fully saturated rings. The van der Waals surface area contributed by atoms with Gasteiger partial charge in [0.1, 0.15) is 0 Å². The Bertz CT molecular complexity index is 2960. The lowest BCUT2D eigenvalue weighted by Gasteiger charge is -2.21. The molecule has 35 heteroatoms. The summed E-state index contributed by atoms with van der Waals surface area (Å²) in [5.41, 5.74) is -10.7. The summed E-state index contributed by atoms with van der Waals surface area (Å²) in [6.07, 6.45) is 1.73. The second-order valence-corrected chi connectivity index (χ2v) is 14.6. The van der Waals surface area contributed by atoms with Crippen LogP contribution in [0.15, 0.2) is 24.4 Å². The highest BCUT2D eigenvalue weighted by molar-refractivity contribution is 6.96. The number of nitrogens with zero attached hydrogens (tertiary/aromatic N) is 1. The molecule has 6 aromatic rings. The number of benzene rings is 6. The maximum absolute atomic E-state index is 14.4. The molecule has 79 heavy (non-hydrogen) atoms. The predicted octanol–water partition coefficient (Wildman–Crippen LogP) is 8.75. The first kappa shape index (κ1) is 61.8. The number of rotatable bonds is 6. The lowest BCUT2D eigenvalue weighted by molar-refractivity contribution is -0.325. The molecule has 0 saturated heterocycles. The Morgan fingerprint density at radius 2 is 0.443 bits per heavy atom. The highest BCUT2D eigenvalue weighted by Crippen LogP contribution is 2.27. The largest absolute Gasteiger partial charge is 0.360 e. The van der Waals surface area contributed by atoms with Crippen molar-refractivity contribution >= 4 is 46.2 Å². The van der Waals surface area contributed by atoms with E-state index in [-0.39, 0.29) is 0 Å². The van der Waals surface area contributed by atoms with Gasteiger partial charge < -0.3 is 10.8 Å². The minimum atomic E-state index is -3.96. The van der Waals surface area contributed by atoms with Gasteiger partial charge in [-0.15, -0.1) is 0 Å². The molecule has 0 amide bonds. The molecule has 1 aliphatic carbocycles. The van der Waals surface area contributed by atoms with E-state index in [0.717, 1.165) is 11.3 Å². The molecule has 418 valence electrons. The summed E-state index contributed by atoms with van der Waals surface area (Å²) >= 11 is 0. The standard InChI is InChI=1S/2C18BF15.C7H5N2.CH5N/c2*20-4-1(5(21)11(27)16(32)10(4)26)19(2-6(22)12(28)17(33)13(29)7(2)23)3-8(24)14(30)18(34)15(31)9(3)25;1-2-6-4-5-8-9-7(6)3-1;1-2/h;;1-2,4-5,9H;2H2,1H3/q;;-1;/p+1. The second kappa shape index (κ2) is 23.5. The van der Waals surface area contributed by atoms with E-state index in [4.69, 9.17) is 0 Å². The summed E-state index contributed by atoms with van der Waals surface area (Å²) in [6, 6.07) is 8.82. The van der Waals surface area contributed by atoms with Crippen molar-refractivity contribution in [1.29, 1.82) is 0 Å².